The summed E-state index contributed by atoms with van der Waals surface area (Å²) in [6.45, 7) is 5.06. The van der Waals surface area contributed by atoms with Gasteiger partial charge in [-0.3, -0.25) is 9.59 Å². The van der Waals surface area contributed by atoms with E-state index in [0.717, 1.165) is 0 Å². The Labute approximate surface area is 108 Å². The molecule has 0 spiro atoms. The van der Waals surface area contributed by atoms with E-state index in [4.69, 9.17) is 12.6 Å². The van der Waals surface area contributed by atoms with Crippen molar-refractivity contribution in [2.24, 2.45) is 0 Å². The van der Waals surface area contributed by atoms with Gasteiger partial charge in [0.1, 0.15) is 17.4 Å². The van der Waals surface area contributed by atoms with Crippen molar-refractivity contribution >= 4 is 25.7 Å². The van der Waals surface area contributed by atoms with E-state index in [9.17, 15) is 14.4 Å². The number of ether oxygens (including phenoxy) is 2. The minimum absolute atomic E-state index is 0.272. The van der Waals surface area contributed by atoms with E-state index >= 15 is 0 Å². The molecule has 7 heteroatoms. The fraction of sp³-hybridized carbons (Fsp3) is 0.727. The second-order valence-corrected chi connectivity index (χ2v) is 4.65. The van der Waals surface area contributed by atoms with E-state index in [1.54, 1.807) is 20.8 Å². The first-order valence-electron chi connectivity index (χ1n) is 5.48. The molecule has 0 bridgehead atoms. The van der Waals surface area contributed by atoms with Crippen LogP contribution in [0, 0.1) is 0 Å². The van der Waals surface area contributed by atoms with Gasteiger partial charge in [0.2, 0.25) is 0 Å². The molecule has 0 saturated heterocycles. The first-order chi connectivity index (χ1) is 8.19. The van der Waals surface area contributed by atoms with Gasteiger partial charge in [-0.15, -0.1) is 0 Å². The number of nitrogens with one attached hydrogen (secondary N) is 1. The number of esters is 1. The topological polar surface area (TPSA) is 81.7 Å². The molecule has 100 valence electrons. The minimum atomic E-state index is -1.03. The molecule has 0 aromatic heterocycles. The van der Waals surface area contributed by atoms with Crippen LogP contribution in [-0.4, -0.2) is 44.4 Å². The second kappa shape index (κ2) is 7.03. The molecule has 6 nitrogen and oxygen atoms in total. The van der Waals surface area contributed by atoms with Gasteiger partial charge in [-0.25, -0.2) is 4.79 Å². The van der Waals surface area contributed by atoms with Crippen LogP contribution in [0.3, 0.4) is 0 Å². The molecule has 2 radical (unpaired) electrons. The predicted octanol–water partition coefficient (Wildman–Crippen LogP) is 0.599. The summed E-state index contributed by atoms with van der Waals surface area (Å²) in [5.41, 5.74) is -0.689. The van der Waals surface area contributed by atoms with E-state index in [1.165, 1.54) is 7.11 Å². The number of carbonyl (C=O) groups excluding carboxylic acids is 3. The lowest BCUT2D eigenvalue weighted by Crippen LogP contribution is -2.44. The first kappa shape index (κ1) is 16.5. The quantitative estimate of drug-likeness (QED) is 0.574. The molecule has 0 aromatic carbocycles. The lowest BCUT2D eigenvalue weighted by atomic mass is 9.94. The number of hydrogen-bond acceptors (Lipinski definition) is 5. The van der Waals surface area contributed by atoms with E-state index in [2.05, 4.69) is 10.1 Å². The fourth-order valence-corrected chi connectivity index (χ4v) is 1.09. The van der Waals surface area contributed by atoms with E-state index in [-0.39, 0.29) is 12.7 Å². The van der Waals surface area contributed by atoms with Gasteiger partial charge < -0.3 is 14.8 Å². The zero-order valence-electron chi connectivity index (χ0n) is 11.1. The Balaban J connectivity index is 4.55. The van der Waals surface area contributed by atoms with Crippen molar-refractivity contribution in [3.8, 4) is 0 Å². The Morgan fingerprint density at radius 3 is 2.22 bits per heavy atom. The zero-order chi connectivity index (χ0) is 14.3. The molecule has 1 atom stereocenters. The van der Waals surface area contributed by atoms with Crippen LogP contribution in [0.2, 0.25) is 6.32 Å². The summed E-state index contributed by atoms with van der Waals surface area (Å²) >= 11 is 0. The Morgan fingerprint density at radius 1 is 1.28 bits per heavy atom. The number of rotatable bonds is 5. The normalized spacial score (nSPS) is 12.4. The molecule has 0 aliphatic rings. The van der Waals surface area contributed by atoms with Crippen LogP contribution in [0.4, 0.5) is 4.79 Å². The van der Waals surface area contributed by atoms with E-state index < -0.39 is 29.5 Å². The van der Waals surface area contributed by atoms with Crippen LogP contribution < -0.4 is 5.32 Å². The molecule has 0 unspecified atom stereocenters. The molecule has 0 heterocycles. The van der Waals surface area contributed by atoms with Gasteiger partial charge in [-0.2, -0.15) is 0 Å². The summed E-state index contributed by atoms with van der Waals surface area (Å²) in [6, 6.07) is -1.03. The maximum atomic E-state index is 11.5. The number of ketones is 1. The van der Waals surface area contributed by atoms with Gasteiger partial charge in [0, 0.05) is 0 Å². The van der Waals surface area contributed by atoms with Crippen molar-refractivity contribution in [2.45, 2.75) is 45.2 Å². The average molecular weight is 255 g/mol. The molecule has 0 aliphatic carbocycles. The molecular weight excluding hydrogens is 237 g/mol. The summed E-state index contributed by atoms with van der Waals surface area (Å²) in [5.74, 6) is -1.08. The first-order valence-corrected chi connectivity index (χ1v) is 5.48. The molecule has 0 saturated carbocycles. The summed E-state index contributed by atoms with van der Waals surface area (Å²) < 4.78 is 9.42. The van der Waals surface area contributed by atoms with Gasteiger partial charge >= 0.3 is 12.1 Å². The third kappa shape index (κ3) is 6.93. The van der Waals surface area contributed by atoms with Crippen molar-refractivity contribution in [3.05, 3.63) is 0 Å². The van der Waals surface area contributed by atoms with Crippen LogP contribution in [-0.2, 0) is 19.1 Å². The Morgan fingerprint density at radius 2 is 1.83 bits per heavy atom. The average Bonchev–Trinajstić information content (AvgIpc) is 2.24. The zero-order valence-corrected chi connectivity index (χ0v) is 11.1. The number of alkyl carbamates (subject to hydrolysis) is 1. The van der Waals surface area contributed by atoms with Crippen molar-refractivity contribution < 1.29 is 23.9 Å². The molecule has 0 aromatic rings. The Hall–Kier alpha value is -1.53. The largest absolute Gasteiger partial charge is 0.469 e. The molecule has 1 amide bonds. The van der Waals surface area contributed by atoms with E-state index in [1.807, 2.05) is 0 Å². The summed E-state index contributed by atoms with van der Waals surface area (Å²) in [5, 5.41) is 2.30. The highest BCUT2D eigenvalue weighted by molar-refractivity contribution is 6.21. The third-order valence-electron chi connectivity index (χ3n) is 1.88. The Bertz CT molecular complexity index is 324. The maximum Gasteiger partial charge on any atom is 0.408 e. The van der Waals surface area contributed by atoms with Gasteiger partial charge in [-0.1, -0.05) is 0 Å². The van der Waals surface area contributed by atoms with Crippen molar-refractivity contribution in [3.63, 3.8) is 0 Å². The van der Waals surface area contributed by atoms with Gasteiger partial charge in [-0.05, 0) is 27.1 Å². The SMILES string of the molecule is [B]CC(=O)[C@H](CC(=O)OC)NC(=O)OC(C)(C)C. The second-order valence-electron chi connectivity index (χ2n) is 4.65. The van der Waals surface area contributed by atoms with Gasteiger partial charge in [0.25, 0.3) is 0 Å². The highest BCUT2D eigenvalue weighted by Crippen LogP contribution is 2.08. The third-order valence-corrected chi connectivity index (χ3v) is 1.88. The van der Waals surface area contributed by atoms with Crippen LogP contribution in [0.5, 0.6) is 0 Å². The number of carbonyl (C=O) groups is 3. The molecule has 18 heavy (non-hydrogen) atoms. The molecule has 0 aliphatic heterocycles. The van der Waals surface area contributed by atoms with Crippen LogP contribution in [0.1, 0.15) is 27.2 Å². The number of amides is 1. The van der Waals surface area contributed by atoms with Gasteiger partial charge in [0.15, 0.2) is 0 Å². The summed E-state index contributed by atoms with van der Waals surface area (Å²) in [6.07, 6.45) is -1.33. The van der Waals surface area contributed by atoms with E-state index in [0.29, 0.717) is 0 Å². The Kier molecular flexibility index (Phi) is 6.44. The van der Waals surface area contributed by atoms with Crippen LogP contribution in [0.25, 0.3) is 0 Å². The standard InChI is InChI=1S/C11H18BNO5/c1-11(2,3)18-10(16)13-7(8(14)6-12)5-9(15)17-4/h7H,5-6H2,1-4H3,(H,13,16)/t7-/m0/s1. The summed E-state index contributed by atoms with van der Waals surface area (Å²) in [7, 11) is 6.39. The number of methoxy groups -OCH3 is 1. The molecule has 0 rings (SSSR count). The smallest absolute Gasteiger partial charge is 0.408 e. The van der Waals surface area contributed by atoms with Crippen molar-refractivity contribution in [2.75, 3.05) is 7.11 Å². The van der Waals surface area contributed by atoms with Crippen molar-refractivity contribution in [1.29, 1.82) is 0 Å². The maximum absolute atomic E-state index is 11.5. The van der Waals surface area contributed by atoms with Crippen LogP contribution >= 0.6 is 0 Å². The molecular formula is C11H18BNO5. The lowest BCUT2D eigenvalue weighted by Gasteiger charge is -2.22. The number of hydrogen-bond donors (Lipinski definition) is 1. The molecule has 1 N–H and O–H groups in total. The highest BCUT2D eigenvalue weighted by atomic mass is 16.6. The highest BCUT2D eigenvalue weighted by Gasteiger charge is 2.25. The lowest BCUT2D eigenvalue weighted by molar-refractivity contribution is -0.142. The van der Waals surface area contributed by atoms with Gasteiger partial charge in [0.05, 0.1) is 21.4 Å². The molecule has 0 fully saturated rings. The minimum Gasteiger partial charge on any atom is -0.469 e. The predicted molar refractivity (Wildman–Crippen MR) is 65.4 cm³/mol. The monoisotopic (exact) mass is 255 g/mol. The number of Topliss-reactive ketones (excluding diaryl/α,β-unsaturated/α-hetero) is 1. The fourth-order valence-electron chi connectivity index (χ4n) is 1.09. The van der Waals surface area contributed by atoms with Crippen molar-refractivity contribution in [1.82, 2.24) is 5.32 Å². The summed E-state index contributed by atoms with van der Waals surface area (Å²) in [4.78, 5) is 34.0. The van der Waals surface area contributed by atoms with Crippen LogP contribution in [0.15, 0.2) is 0 Å².